The normalized spacial score (nSPS) is 18.2. The molecule has 0 aliphatic carbocycles. The Labute approximate surface area is 106 Å². The van der Waals surface area contributed by atoms with Gasteiger partial charge in [0.05, 0.1) is 19.1 Å². The van der Waals surface area contributed by atoms with Gasteiger partial charge in [0, 0.05) is 20.2 Å². The molecule has 1 aromatic carbocycles. The first-order valence-corrected chi connectivity index (χ1v) is 6.02. The smallest absolute Gasteiger partial charge is 0.252 e. The van der Waals surface area contributed by atoms with Crippen molar-refractivity contribution in [3.63, 3.8) is 0 Å². The number of ether oxygens (including phenoxy) is 1. The molecule has 5 heteroatoms. The van der Waals surface area contributed by atoms with Crippen LogP contribution in [0.4, 0.5) is 0 Å². The second-order valence-electron chi connectivity index (χ2n) is 4.19. The third-order valence-electron chi connectivity index (χ3n) is 2.97. The molecule has 2 rings (SSSR count). The summed E-state index contributed by atoms with van der Waals surface area (Å²) in [5.41, 5.74) is 4.71. The summed E-state index contributed by atoms with van der Waals surface area (Å²) >= 11 is 0. The highest BCUT2D eigenvalue weighted by atomic mass is 16.7. The van der Waals surface area contributed by atoms with Crippen molar-refractivity contribution in [3.8, 4) is 0 Å². The van der Waals surface area contributed by atoms with Crippen molar-refractivity contribution in [3.05, 3.63) is 35.4 Å². The van der Waals surface area contributed by atoms with Crippen LogP contribution < -0.4 is 10.8 Å². The van der Waals surface area contributed by atoms with Crippen molar-refractivity contribution in [2.24, 2.45) is 0 Å². The molecule has 1 unspecified atom stereocenters. The number of hydrogen-bond acceptors (Lipinski definition) is 4. The Morgan fingerprint density at radius 3 is 3.11 bits per heavy atom. The minimum atomic E-state index is -0.197. The van der Waals surface area contributed by atoms with Gasteiger partial charge in [0.25, 0.3) is 5.91 Å². The molecule has 18 heavy (non-hydrogen) atoms. The van der Waals surface area contributed by atoms with E-state index in [0.29, 0.717) is 19.8 Å². The maximum atomic E-state index is 12.0. The van der Waals surface area contributed by atoms with Crippen molar-refractivity contribution in [2.45, 2.75) is 12.5 Å². The van der Waals surface area contributed by atoms with E-state index in [2.05, 4.69) is 10.8 Å². The largest absolute Gasteiger partial charge is 0.382 e. The zero-order valence-electron chi connectivity index (χ0n) is 10.4. The van der Waals surface area contributed by atoms with Crippen molar-refractivity contribution in [1.29, 1.82) is 0 Å². The molecule has 1 aliphatic heterocycles. The summed E-state index contributed by atoms with van der Waals surface area (Å²) in [6.45, 7) is 2.25. The molecule has 2 N–H and O–H groups in total. The molecule has 98 valence electrons. The van der Waals surface area contributed by atoms with E-state index < -0.39 is 0 Å². The Bertz CT molecular complexity index is 409. The zero-order valence-corrected chi connectivity index (χ0v) is 10.4. The highest BCUT2D eigenvalue weighted by Gasteiger charge is 2.25. The van der Waals surface area contributed by atoms with Gasteiger partial charge in [0.2, 0.25) is 0 Å². The van der Waals surface area contributed by atoms with E-state index in [0.717, 1.165) is 12.1 Å². The first-order chi connectivity index (χ1) is 8.83. The highest BCUT2D eigenvalue weighted by Crippen LogP contribution is 2.23. The predicted octanol–water partition coefficient (Wildman–Crippen LogP) is 0.568. The van der Waals surface area contributed by atoms with E-state index in [4.69, 9.17) is 9.57 Å². The maximum absolute atomic E-state index is 12.0. The Hall–Kier alpha value is -1.43. The van der Waals surface area contributed by atoms with E-state index in [1.54, 1.807) is 7.11 Å². The van der Waals surface area contributed by atoms with Crippen molar-refractivity contribution in [1.82, 2.24) is 10.8 Å². The van der Waals surface area contributed by atoms with Crippen LogP contribution in [0, 0.1) is 0 Å². The van der Waals surface area contributed by atoms with E-state index in [-0.39, 0.29) is 11.8 Å². The molecule has 1 amide bonds. The minimum Gasteiger partial charge on any atom is -0.382 e. The van der Waals surface area contributed by atoms with Crippen LogP contribution in [-0.4, -0.2) is 32.8 Å². The molecule has 1 aromatic rings. The van der Waals surface area contributed by atoms with Gasteiger partial charge in [-0.15, -0.1) is 0 Å². The molecular formula is C13H18N2O3. The zero-order chi connectivity index (χ0) is 12.8. The third-order valence-corrected chi connectivity index (χ3v) is 2.97. The van der Waals surface area contributed by atoms with E-state index in [9.17, 15) is 4.79 Å². The van der Waals surface area contributed by atoms with Gasteiger partial charge in [0.1, 0.15) is 0 Å². The fourth-order valence-electron chi connectivity index (χ4n) is 2.05. The number of rotatable bonds is 5. The van der Waals surface area contributed by atoms with Crippen LogP contribution in [0.1, 0.15) is 17.0 Å². The van der Waals surface area contributed by atoms with Crippen LogP contribution in [0.2, 0.25) is 0 Å². The van der Waals surface area contributed by atoms with Crippen LogP contribution >= 0.6 is 0 Å². The van der Waals surface area contributed by atoms with Gasteiger partial charge in [-0.2, -0.15) is 0 Å². The summed E-state index contributed by atoms with van der Waals surface area (Å²) in [4.78, 5) is 17.1. The van der Waals surface area contributed by atoms with Crippen LogP contribution in [0.3, 0.4) is 0 Å². The number of amides is 1. The average molecular weight is 250 g/mol. The number of benzene rings is 1. The number of hydroxylamine groups is 1. The first kappa shape index (κ1) is 13.0. The molecule has 0 bridgehead atoms. The van der Waals surface area contributed by atoms with Crippen LogP contribution in [-0.2, 0) is 20.9 Å². The summed E-state index contributed by atoms with van der Waals surface area (Å²) in [7, 11) is 1.59. The van der Waals surface area contributed by atoms with E-state index in [1.165, 1.54) is 5.56 Å². The third kappa shape index (κ3) is 3.07. The fourth-order valence-corrected chi connectivity index (χ4v) is 2.05. The van der Waals surface area contributed by atoms with Gasteiger partial charge >= 0.3 is 0 Å². The number of nitrogens with one attached hydrogen (secondary N) is 2. The average Bonchev–Trinajstić information content (AvgIpc) is 2.43. The number of carbonyl (C=O) groups excluding carboxylic acids is 1. The first-order valence-electron chi connectivity index (χ1n) is 6.02. The van der Waals surface area contributed by atoms with Gasteiger partial charge in [-0.1, -0.05) is 24.3 Å². The van der Waals surface area contributed by atoms with Crippen LogP contribution in [0.5, 0.6) is 0 Å². The summed E-state index contributed by atoms with van der Waals surface area (Å²) < 4.78 is 4.84. The number of fused-ring (bicyclic) bond motifs is 1. The molecule has 0 spiro atoms. The standard InChI is InChI=1S/C13H18N2O3/c1-17-6-7-18-15-13(16)12-9-14-8-10-4-2-3-5-11(10)12/h2-5,12,14H,6-9H2,1H3,(H,15,16). The van der Waals surface area contributed by atoms with Gasteiger partial charge in [-0.05, 0) is 11.1 Å². The Balaban J connectivity index is 1.95. The van der Waals surface area contributed by atoms with Gasteiger partial charge < -0.3 is 10.1 Å². The van der Waals surface area contributed by atoms with Crippen molar-refractivity contribution in [2.75, 3.05) is 26.9 Å². The molecule has 1 aliphatic rings. The summed E-state index contributed by atoms with van der Waals surface area (Å²) in [6.07, 6.45) is 0. The van der Waals surface area contributed by atoms with Crippen LogP contribution in [0.15, 0.2) is 24.3 Å². The quantitative estimate of drug-likeness (QED) is 0.592. The number of methoxy groups -OCH3 is 1. The second-order valence-corrected chi connectivity index (χ2v) is 4.19. The second kappa shape index (κ2) is 6.49. The Morgan fingerprint density at radius 2 is 2.28 bits per heavy atom. The molecular weight excluding hydrogens is 232 g/mol. The Morgan fingerprint density at radius 1 is 1.44 bits per heavy atom. The SMILES string of the molecule is COCCONC(=O)C1CNCc2ccccc21. The lowest BCUT2D eigenvalue weighted by Crippen LogP contribution is -2.39. The molecule has 1 atom stereocenters. The summed E-state index contributed by atoms with van der Waals surface area (Å²) in [5, 5.41) is 3.23. The highest BCUT2D eigenvalue weighted by molar-refractivity contribution is 5.83. The topological polar surface area (TPSA) is 59.6 Å². The molecule has 0 saturated heterocycles. The molecule has 5 nitrogen and oxygen atoms in total. The Kier molecular flexibility index (Phi) is 4.69. The van der Waals surface area contributed by atoms with E-state index >= 15 is 0 Å². The lowest BCUT2D eigenvalue weighted by atomic mass is 9.90. The lowest BCUT2D eigenvalue weighted by molar-refractivity contribution is -0.136. The van der Waals surface area contributed by atoms with Gasteiger partial charge in [-0.3, -0.25) is 9.63 Å². The van der Waals surface area contributed by atoms with Gasteiger partial charge in [0.15, 0.2) is 0 Å². The molecule has 1 heterocycles. The molecule has 0 aromatic heterocycles. The number of hydrogen-bond donors (Lipinski definition) is 2. The van der Waals surface area contributed by atoms with Crippen molar-refractivity contribution >= 4 is 5.91 Å². The predicted molar refractivity (Wildman–Crippen MR) is 66.9 cm³/mol. The monoisotopic (exact) mass is 250 g/mol. The van der Waals surface area contributed by atoms with Gasteiger partial charge in [-0.25, -0.2) is 5.48 Å². The summed E-state index contributed by atoms with van der Waals surface area (Å²) in [5.74, 6) is -0.316. The summed E-state index contributed by atoms with van der Waals surface area (Å²) in [6, 6.07) is 7.97. The lowest BCUT2D eigenvalue weighted by Gasteiger charge is -2.25. The molecule has 0 radical (unpaired) electrons. The minimum absolute atomic E-state index is 0.120. The maximum Gasteiger partial charge on any atom is 0.252 e. The fraction of sp³-hybridized carbons (Fsp3) is 0.462. The number of carbonyl (C=O) groups is 1. The molecule has 0 saturated carbocycles. The molecule has 0 fully saturated rings. The van der Waals surface area contributed by atoms with Crippen molar-refractivity contribution < 1.29 is 14.4 Å². The van der Waals surface area contributed by atoms with E-state index in [1.807, 2.05) is 24.3 Å². The van der Waals surface area contributed by atoms with Crippen LogP contribution in [0.25, 0.3) is 0 Å².